The Morgan fingerprint density at radius 2 is 2.07 bits per heavy atom. The van der Waals surface area contributed by atoms with Crippen molar-refractivity contribution in [3.8, 4) is 5.75 Å². The summed E-state index contributed by atoms with van der Waals surface area (Å²) in [7, 11) is 1.71. The van der Waals surface area contributed by atoms with Crippen LogP contribution in [0.15, 0.2) is 48.7 Å². The minimum Gasteiger partial charge on any atom is -0.497 e. The Bertz CT molecular complexity index is 795. The minimum atomic E-state index is 0.0670. The van der Waals surface area contributed by atoms with Crippen molar-refractivity contribution < 1.29 is 9.53 Å². The van der Waals surface area contributed by atoms with Crippen LogP contribution in [0.25, 0.3) is 0 Å². The Morgan fingerprint density at radius 3 is 2.89 bits per heavy atom. The molecule has 1 aromatic heterocycles. The van der Waals surface area contributed by atoms with E-state index in [0.29, 0.717) is 5.69 Å². The van der Waals surface area contributed by atoms with E-state index in [0.717, 1.165) is 44.9 Å². The first kappa shape index (κ1) is 18.0. The third-order valence-corrected chi connectivity index (χ3v) is 5.89. The van der Waals surface area contributed by atoms with Gasteiger partial charge in [0.1, 0.15) is 11.4 Å². The maximum absolute atomic E-state index is 12.8. The van der Waals surface area contributed by atoms with Gasteiger partial charge in [0.25, 0.3) is 5.91 Å². The number of pyridine rings is 1. The number of nitrogens with zero attached hydrogens (tertiary/aromatic N) is 3. The van der Waals surface area contributed by atoms with E-state index < -0.39 is 0 Å². The summed E-state index contributed by atoms with van der Waals surface area (Å²) in [5.74, 6) is 0.976. The van der Waals surface area contributed by atoms with E-state index in [1.165, 1.54) is 18.4 Å². The molecule has 27 heavy (non-hydrogen) atoms. The van der Waals surface area contributed by atoms with Gasteiger partial charge in [-0.15, -0.1) is 0 Å². The molecule has 1 amide bonds. The van der Waals surface area contributed by atoms with Crippen LogP contribution in [0.5, 0.6) is 5.75 Å². The third-order valence-electron chi connectivity index (χ3n) is 5.89. The first-order valence-electron chi connectivity index (χ1n) is 9.73. The maximum atomic E-state index is 12.8. The van der Waals surface area contributed by atoms with Crippen LogP contribution < -0.4 is 4.74 Å². The standard InChI is InChI=1S/C22H27N3O2/c1-27-19-7-4-6-18(14-19)15-24-12-5-9-22(16-24)10-13-25(17-22)21(26)20-8-2-3-11-23-20/h2-4,6-8,11,14H,5,9-10,12-13,15-17H2,1H3. The fraction of sp³-hybridized carbons (Fsp3) is 0.455. The predicted octanol–water partition coefficient (Wildman–Crippen LogP) is 3.22. The number of carbonyl (C=O) groups is 1. The van der Waals surface area contributed by atoms with Crippen molar-refractivity contribution in [2.24, 2.45) is 5.41 Å². The number of benzene rings is 1. The first-order chi connectivity index (χ1) is 13.2. The van der Waals surface area contributed by atoms with Crippen molar-refractivity contribution in [2.75, 3.05) is 33.3 Å². The van der Waals surface area contributed by atoms with Crippen molar-refractivity contribution in [3.63, 3.8) is 0 Å². The third kappa shape index (κ3) is 3.98. The lowest BCUT2D eigenvalue weighted by Crippen LogP contribution is -2.45. The Labute approximate surface area is 161 Å². The highest BCUT2D eigenvalue weighted by Crippen LogP contribution is 2.39. The van der Waals surface area contributed by atoms with Gasteiger partial charge in [-0.05, 0) is 55.6 Å². The molecule has 3 heterocycles. The Hall–Kier alpha value is -2.40. The van der Waals surface area contributed by atoms with E-state index >= 15 is 0 Å². The van der Waals surface area contributed by atoms with Crippen molar-refractivity contribution >= 4 is 5.91 Å². The molecule has 2 fully saturated rings. The molecule has 2 aromatic rings. The molecule has 1 aromatic carbocycles. The molecule has 142 valence electrons. The average Bonchev–Trinajstić information content (AvgIpc) is 3.11. The number of hydrogen-bond acceptors (Lipinski definition) is 4. The number of piperidine rings is 1. The molecule has 1 atom stereocenters. The number of likely N-dealkylation sites (tertiary alicyclic amines) is 2. The van der Waals surface area contributed by atoms with Crippen LogP contribution in [0, 0.1) is 5.41 Å². The summed E-state index contributed by atoms with van der Waals surface area (Å²) in [4.78, 5) is 21.5. The molecule has 0 radical (unpaired) electrons. The fourth-order valence-electron chi connectivity index (χ4n) is 4.57. The van der Waals surface area contributed by atoms with Crippen molar-refractivity contribution in [3.05, 3.63) is 59.9 Å². The van der Waals surface area contributed by atoms with Gasteiger partial charge in [0.2, 0.25) is 0 Å². The van der Waals surface area contributed by atoms with Gasteiger partial charge in [-0.25, -0.2) is 0 Å². The van der Waals surface area contributed by atoms with Gasteiger partial charge in [0.15, 0.2) is 0 Å². The smallest absolute Gasteiger partial charge is 0.272 e. The number of aromatic nitrogens is 1. The van der Waals surface area contributed by atoms with Crippen LogP contribution >= 0.6 is 0 Å². The highest BCUT2D eigenvalue weighted by Gasteiger charge is 2.43. The Balaban J connectivity index is 1.41. The molecule has 2 aliphatic rings. The molecular formula is C22H27N3O2. The number of methoxy groups -OCH3 is 1. The summed E-state index contributed by atoms with van der Waals surface area (Å²) in [5, 5.41) is 0. The molecule has 4 rings (SSSR count). The molecule has 2 aliphatic heterocycles. The quantitative estimate of drug-likeness (QED) is 0.835. The van der Waals surface area contributed by atoms with Gasteiger partial charge >= 0.3 is 0 Å². The Morgan fingerprint density at radius 1 is 1.15 bits per heavy atom. The van der Waals surface area contributed by atoms with Gasteiger partial charge in [-0.1, -0.05) is 18.2 Å². The molecule has 0 aliphatic carbocycles. The van der Waals surface area contributed by atoms with E-state index in [4.69, 9.17) is 4.74 Å². The molecular weight excluding hydrogens is 338 g/mol. The summed E-state index contributed by atoms with van der Waals surface area (Å²) in [6.45, 7) is 4.79. The van der Waals surface area contributed by atoms with E-state index in [2.05, 4.69) is 28.1 Å². The van der Waals surface area contributed by atoms with Gasteiger partial charge < -0.3 is 9.64 Å². The second kappa shape index (κ2) is 7.69. The highest BCUT2D eigenvalue weighted by atomic mass is 16.5. The van der Waals surface area contributed by atoms with Crippen LogP contribution in [-0.4, -0.2) is 54.0 Å². The minimum absolute atomic E-state index is 0.0670. The van der Waals surface area contributed by atoms with Crippen LogP contribution in [0.3, 0.4) is 0 Å². The number of rotatable bonds is 4. The van der Waals surface area contributed by atoms with Crippen molar-refractivity contribution in [2.45, 2.75) is 25.8 Å². The monoisotopic (exact) mass is 365 g/mol. The number of carbonyl (C=O) groups excluding carboxylic acids is 1. The Kier molecular flexibility index (Phi) is 5.12. The van der Waals surface area contributed by atoms with Crippen LogP contribution in [0.4, 0.5) is 0 Å². The summed E-state index contributed by atoms with van der Waals surface area (Å²) < 4.78 is 5.35. The van der Waals surface area contributed by atoms with E-state index in [1.807, 2.05) is 29.2 Å². The SMILES string of the molecule is COc1cccc(CN2CCCC3(CCN(C(=O)c4ccccn4)C3)C2)c1. The molecule has 0 N–H and O–H groups in total. The lowest BCUT2D eigenvalue weighted by molar-refractivity contribution is 0.0671. The molecule has 0 saturated carbocycles. The van der Waals surface area contributed by atoms with Crippen LogP contribution in [-0.2, 0) is 6.54 Å². The van der Waals surface area contributed by atoms with Crippen molar-refractivity contribution in [1.29, 1.82) is 0 Å². The topological polar surface area (TPSA) is 45.7 Å². The van der Waals surface area contributed by atoms with Gasteiger partial charge in [0.05, 0.1) is 7.11 Å². The second-order valence-electron chi connectivity index (χ2n) is 7.86. The van der Waals surface area contributed by atoms with E-state index in [-0.39, 0.29) is 11.3 Å². The molecule has 2 saturated heterocycles. The highest BCUT2D eigenvalue weighted by molar-refractivity contribution is 5.92. The zero-order chi connectivity index (χ0) is 18.7. The van der Waals surface area contributed by atoms with E-state index in [1.54, 1.807) is 13.3 Å². The zero-order valence-corrected chi connectivity index (χ0v) is 15.9. The fourth-order valence-corrected chi connectivity index (χ4v) is 4.57. The van der Waals surface area contributed by atoms with Crippen LogP contribution in [0.1, 0.15) is 35.3 Å². The average molecular weight is 365 g/mol. The molecule has 5 nitrogen and oxygen atoms in total. The van der Waals surface area contributed by atoms with Gasteiger partial charge in [-0.2, -0.15) is 0 Å². The number of ether oxygens (including phenoxy) is 1. The predicted molar refractivity (Wildman–Crippen MR) is 105 cm³/mol. The largest absolute Gasteiger partial charge is 0.497 e. The zero-order valence-electron chi connectivity index (χ0n) is 15.9. The maximum Gasteiger partial charge on any atom is 0.272 e. The van der Waals surface area contributed by atoms with Crippen LogP contribution in [0.2, 0.25) is 0 Å². The molecule has 0 bridgehead atoms. The lowest BCUT2D eigenvalue weighted by atomic mass is 9.79. The molecule has 1 spiro atoms. The van der Waals surface area contributed by atoms with Gasteiger partial charge in [0, 0.05) is 37.8 Å². The normalized spacial score (nSPS) is 22.9. The molecule has 5 heteroatoms. The summed E-state index contributed by atoms with van der Waals surface area (Å²) in [6, 6.07) is 13.9. The number of hydrogen-bond donors (Lipinski definition) is 0. The molecule has 1 unspecified atom stereocenters. The first-order valence-corrected chi connectivity index (χ1v) is 9.73. The van der Waals surface area contributed by atoms with E-state index in [9.17, 15) is 4.79 Å². The second-order valence-corrected chi connectivity index (χ2v) is 7.86. The summed E-state index contributed by atoms with van der Waals surface area (Å²) in [5.41, 5.74) is 2.06. The van der Waals surface area contributed by atoms with Gasteiger partial charge in [-0.3, -0.25) is 14.7 Å². The number of amides is 1. The van der Waals surface area contributed by atoms with Crippen molar-refractivity contribution in [1.82, 2.24) is 14.8 Å². The lowest BCUT2D eigenvalue weighted by Gasteiger charge is -2.40. The summed E-state index contributed by atoms with van der Waals surface area (Å²) in [6.07, 6.45) is 5.17. The summed E-state index contributed by atoms with van der Waals surface area (Å²) >= 11 is 0.